The number of hydrogen-bond acceptors (Lipinski definition) is 3. The number of aryl methyl sites for hydroxylation is 1. The van der Waals surface area contributed by atoms with Gasteiger partial charge in [-0.3, -0.25) is 0 Å². The average Bonchev–Trinajstić information content (AvgIpc) is 2.83. The van der Waals surface area contributed by atoms with Gasteiger partial charge in [0.15, 0.2) is 5.60 Å². The number of thioether (sulfide) groups is 1. The molecule has 0 fully saturated rings. The van der Waals surface area contributed by atoms with Gasteiger partial charge >= 0.3 is 0 Å². The van der Waals surface area contributed by atoms with Crippen LogP contribution in [0, 0.1) is 0 Å². The molecule has 0 spiro atoms. The summed E-state index contributed by atoms with van der Waals surface area (Å²) in [5.74, 6) is 1.06. The zero-order valence-corrected chi connectivity index (χ0v) is 14.5. The molecule has 0 saturated carbocycles. The van der Waals surface area contributed by atoms with Crippen LogP contribution >= 0.6 is 46.6 Å². The maximum atomic E-state index is 11.1. The monoisotopic (exact) mass is 353 g/mol. The SMILES string of the molecule is CCNC(C)C(O)(c1ccc2c(c1)CCS2)C(Cl)(Cl)Cl. The summed E-state index contributed by atoms with van der Waals surface area (Å²) >= 11 is 20.1. The number of halogens is 3. The fourth-order valence-electron chi connectivity index (χ4n) is 2.54. The Hall–Kier alpha value is 0.360. The van der Waals surface area contributed by atoms with Gasteiger partial charge in [0.2, 0.25) is 3.79 Å². The number of hydrogen-bond donors (Lipinski definition) is 2. The highest BCUT2D eigenvalue weighted by Crippen LogP contribution is 2.48. The van der Waals surface area contributed by atoms with E-state index in [2.05, 4.69) is 5.32 Å². The zero-order chi connectivity index (χ0) is 15.0. The average molecular weight is 355 g/mol. The van der Waals surface area contributed by atoms with Crippen LogP contribution in [-0.4, -0.2) is 27.2 Å². The summed E-state index contributed by atoms with van der Waals surface area (Å²) in [5.41, 5.74) is 0.284. The molecular weight excluding hydrogens is 337 g/mol. The van der Waals surface area contributed by atoms with Crippen molar-refractivity contribution in [2.75, 3.05) is 12.3 Å². The third kappa shape index (κ3) is 2.94. The van der Waals surface area contributed by atoms with Gasteiger partial charge in [-0.25, -0.2) is 0 Å². The molecule has 6 heteroatoms. The van der Waals surface area contributed by atoms with Gasteiger partial charge in [-0.05, 0) is 37.1 Å². The Morgan fingerprint density at radius 1 is 1.40 bits per heavy atom. The molecule has 2 nitrogen and oxygen atoms in total. The van der Waals surface area contributed by atoms with Crippen molar-refractivity contribution >= 4 is 46.6 Å². The van der Waals surface area contributed by atoms with Crippen LogP contribution in [0.25, 0.3) is 0 Å². The predicted octanol–water partition coefficient (Wildman–Crippen LogP) is 3.89. The van der Waals surface area contributed by atoms with Crippen LogP contribution in [0.2, 0.25) is 0 Å². The van der Waals surface area contributed by atoms with Crippen molar-refractivity contribution in [3.8, 4) is 0 Å². The molecule has 2 unspecified atom stereocenters. The van der Waals surface area contributed by atoms with E-state index in [0.717, 1.165) is 12.2 Å². The second-order valence-electron chi connectivity index (χ2n) is 4.96. The third-order valence-corrected chi connectivity index (χ3v) is 5.68. The Balaban J connectivity index is 2.46. The summed E-state index contributed by atoms with van der Waals surface area (Å²) in [4.78, 5) is 1.25. The molecule has 1 aromatic carbocycles. The summed E-state index contributed by atoms with van der Waals surface area (Å²) in [7, 11) is 0. The molecule has 1 aliphatic rings. The van der Waals surface area contributed by atoms with Crippen molar-refractivity contribution in [3.05, 3.63) is 29.3 Å². The molecule has 2 atom stereocenters. The Morgan fingerprint density at radius 2 is 2.10 bits per heavy atom. The lowest BCUT2D eigenvalue weighted by Gasteiger charge is -2.40. The second kappa shape index (κ2) is 6.23. The Morgan fingerprint density at radius 3 is 2.70 bits per heavy atom. The summed E-state index contributed by atoms with van der Waals surface area (Å²) in [6, 6.07) is 5.44. The molecule has 1 heterocycles. The molecule has 20 heavy (non-hydrogen) atoms. The fraction of sp³-hybridized carbons (Fsp3) is 0.571. The van der Waals surface area contributed by atoms with Crippen molar-refractivity contribution in [1.82, 2.24) is 5.32 Å². The number of nitrogens with one attached hydrogen (secondary N) is 1. The third-order valence-electron chi connectivity index (χ3n) is 3.70. The van der Waals surface area contributed by atoms with Crippen molar-refractivity contribution in [1.29, 1.82) is 0 Å². The van der Waals surface area contributed by atoms with Gasteiger partial charge in [-0.2, -0.15) is 0 Å². The molecule has 0 amide bonds. The lowest BCUT2D eigenvalue weighted by molar-refractivity contribution is 0.00647. The Kier molecular flexibility index (Phi) is 5.21. The first-order chi connectivity index (χ1) is 9.30. The molecule has 0 bridgehead atoms. The number of fused-ring (bicyclic) bond motifs is 1. The molecule has 0 radical (unpaired) electrons. The summed E-state index contributed by atoms with van der Waals surface area (Å²) in [5, 5.41) is 14.2. The van der Waals surface area contributed by atoms with Crippen LogP contribution in [0.15, 0.2) is 23.1 Å². The standard InChI is InChI=1S/C14H18Cl3NOS/c1-3-18-9(2)13(19,14(15,16)17)11-4-5-12-10(8-11)6-7-20-12/h4-5,8-9,18-19H,3,6-7H2,1-2H3. The van der Waals surface area contributed by atoms with Gasteiger partial charge in [-0.15, -0.1) is 11.8 Å². The van der Waals surface area contributed by atoms with E-state index in [1.807, 2.05) is 43.8 Å². The molecule has 2 N–H and O–H groups in total. The van der Waals surface area contributed by atoms with Gasteiger partial charge in [0.05, 0.1) is 0 Å². The minimum absolute atomic E-state index is 0.382. The van der Waals surface area contributed by atoms with Crippen molar-refractivity contribution in [2.24, 2.45) is 0 Å². The van der Waals surface area contributed by atoms with Crippen LogP contribution < -0.4 is 5.32 Å². The molecular formula is C14H18Cl3NOS. The second-order valence-corrected chi connectivity index (χ2v) is 8.38. The van der Waals surface area contributed by atoms with Gasteiger partial charge < -0.3 is 10.4 Å². The number of rotatable bonds is 4. The lowest BCUT2D eigenvalue weighted by Crippen LogP contribution is -2.54. The number of likely N-dealkylation sites (N-methyl/N-ethyl adjacent to an activating group) is 1. The number of benzene rings is 1. The van der Waals surface area contributed by atoms with E-state index in [0.29, 0.717) is 12.1 Å². The largest absolute Gasteiger partial charge is 0.379 e. The highest BCUT2D eigenvalue weighted by Gasteiger charge is 2.52. The first kappa shape index (κ1) is 16.7. The van der Waals surface area contributed by atoms with E-state index < -0.39 is 9.39 Å². The van der Waals surface area contributed by atoms with Crippen molar-refractivity contribution in [2.45, 2.75) is 40.6 Å². The highest BCUT2D eigenvalue weighted by molar-refractivity contribution is 7.99. The number of aliphatic hydroxyl groups is 1. The van der Waals surface area contributed by atoms with E-state index in [9.17, 15) is 5.11 Å². The van der Waals surface area contributed by atoms with Crippen LogP contribution in [0.4, 0.5) is 0 Å². The fourth-order valence-corrected chi connectivity index (χ4v) is 4.41. The van der Waals surface area contributed by atoms with Crippen LogP contribution in [-0.2, 0) is 12.0 Å². The lowest BCUT2D eigenvalue weighted by atomic mass is 9.87. The van der Waals surface area contributed by atoms with Crippen molar-refractivity contribution in [3.63, 3.8) is 0 Å². The molecule has 1 aromatic rings. The smallest absolute Gasteiger partial charge is 0.224 e. The first-order valence-corrected chi connectivity index (χ1v) is 8.71. The van der Waals surface area contributed by atoms with Crippen LogP contribution in [0.3, 0.4) is 0 Å². The van der Waals surface area contributed by atoms with E-state index in [1.165, 1.54) is 10.5 Å². The maximum absolute atomic E-state index is 11.1. The Bertz CT molecular complexity index is 492. The first-order valence-electron chi connectivity index (χ1n) is 6.59. The van der Waals surface area contributed by atoms with E-state index in [1.54, 1.807) is 0 Å². The number of alkyl halides is 3. The molecule has 2 rings (SSSR count). The predicted molar refractivity (Wildman–Crippen MR) is 88.2 cm³/mol. The molecule has 0 saturated heterocycles. The summed E-state index contributed by atoms with van der Waals surface area (Å²) in [6.45, 7) is 4.47. The van der Waals surface area contributed by atoms with Gasteiger partial charge in [-0.1, -0.05) is 53.9 Å². The zero-order valence-electron chi connectivity index (χ0n) is 11.4. The van der Waals surface area contributed by atoms with E-state index in [4.69, 9.17) is 34.8 Å². The summed E-state index contributed by atoms with van der Waals surface area (Å²) in [6.07, 6.45) is 0.985. The van der Waals surface area contributed by atoms with Gasteiger partial charge in [0, 0.05) is 16.7 Å². The topological polar surface area (TPSA) is 32.3 Å². The normalized spacial score (nSPS) is 19.5. The molecule has 0 aliphatic carbocycles. The summed E-state index contributed by atoms with van der Waals surface area (Å²) < 4.78 is -1.81. The Labute approximate surface area is 139 Å². The van der Waals surface area contributed by atoms with E-state index in [-0.39, 0.29) is 6.04 Å². The van der Waals surface area contributed by atoms with Crippen molar-refractivity contribution < 1.29 is 5.11 Å². The maximum Gasteiger partial charge on any atom is 0.224 e. The quantitative estimate of drug-likeness (QED) is 0.805. The van der Waals surface area contributed by atoms with Gasteiger partial charge in [0.1, 0.15) is 0 Å². The van der Waals surface area contributed by atoms with Gasteiger partial charge in [0.25, 0.3) is 0 Å². The molecule has 0 aromatic heterocycles. The highest BCUT2D eigenvalue weighted by atomic mass is 35.6. The van der Waals surface area contributed by atoms with Crippen LogP contribution in [0.5, 0.6) is 0 Å². The minimum Gasteiger partial charge on any atom is -0.379 e. The molecule has 1 aliphatic heterocycles. The van der Waals surface area contributed by atoms with E-state index >= 15 is 0 Å². The van der Waals surface area contributed by atoms with Crippen LogP contribution in [0.1, 0.15) is 25.0 Å². The minimum atomic E-state index is -1.81. The molecule has 112 valence electrons.